The van der Waals surface area contributed by atoms with Crippen molar-refractivity contribution in [3.05, 3.63) is 33.1 Å². The van der Waals surface area contributed by atoms with Gasteiger partial charge in [-0.1, -0.05) is 0 Å². The summed E-state index contributed by atoms with van der Waals surface area (Å²) < 4.78 is 37.0. The molecule has 1 aromatic heterocycles. The van der Waals surface area contributed by atoms with Gasteiger partial charge in [-0.05, 0) is 13.5 Å². The molecule has 1 fully saturated rings. The molecule has 0 aliphatic carbocycles. The average Bonchev–Trinajstić information content (AvgIpc) is 2.81. The molecule has 10 nitrogen and oxygen atoms in total. The summed E-state index contributed by atoms with van der Waals surface area (Å²) in [5, 5.41) is 10.2. The number of aromatic amines is 1. The van der Waals surface area contributed by atoms with Crippen LogP contribution in [0.3, 0.4) is 0 Å². The average molecular weight is 349 g/mol. The van der Waals surface area contributed by atoms with Crippen LogP contribution in [0.2, 0.25) is 0 Å². The van der Waals surface area contributed by atoms with Crippen LogP contribution in [0.4, 0.5) is 0 Å². The number of aliphatic hydroxyl groups excluding tert-OH is 1. The quantitative estimate of drug-likeness (QED) is 0.527. The molecule has 2 heterocycles. The predicted octanol–water partition coefficient (Wildman–Crippen LogP) is -2.25. The Morgan fingerprint density at radius 1 is 1.48 bits per heavy atom. The number of sulfonamides is 1. The second-order valence-corrected chi connectivity index (χ2v) is 7.13. The summed E-state index contributed by atoms with van der Waals surface area (Å²) >= 11 is 0. The van der Waals surface area contributed by atoms with Crippen molar-refractivity contribution in [3.63, 3.8) is 0 Å². The molecule has 0 radical (unpaired) electrons. The summed E-state index contributed by atoms with van der Waals surface area (Å²) in [4.78, 5) is 25.1. The number of rotatable bonds is 6. The number of ether oxygens (including phenoxy) is 2. The highest BCUT2D eigenvalue weighted by Gasteiger charge is 2.45. The maximum Gasteiger partial charge on any atom is 0.330 e. The lowest BCUT2D eigenvalue weighted by Gasteiger charge is -2.20. The van der Waals surface area contributed by atoms with Gasteiger partial charge in [0.25, 0.3) is 5.56 Å². The van der Waals surface area contributed by atoms with Crippen LogP contribution in [0.1, 0.15) is 12.6 Å². The van der Waals surface area contributed by atoms with Crippen molar-refractivity contribution in [2.45, 2.75) is 31.0 Å². The van der Waals surface area contributed by atoms with E-state index in [0.29, 0.717) is 0 Å². The predicted molar refractivity (Wildman–Crippen MR) is 79.5 cm³/mol. The standard InChI is InChI=1S/C12H19N3O7S/c1-13-23(19,20)6-4-7-9(17)10(21-2)11(22-7)15-5-3-8(16)14-12(15)18/h3,5,7,9-11,13,17H,4,6H2,1-2H3,(H,14,16,18)/t7-,9-,10-,11-/m1/s1. The zero-order chi connectivity index (χ0) is 17.2. The van der Waals surface area contributed by atoms with Crippen molar-refractivity contribution in [1.29, 1.82) is 0 Å². The minimum absolute atomic E-state index is 0.0266. The van der Waals surface area contributed by atoms with Gasteiger partial charge in [-0.2, -0.15) is 0 Å². The molecule has 3 N–H and O–H groups in total. The van der Waals surface area contributed by atoms with E-state index in [0.717, 1.165) is 10.6 Å². The van der Waals surface area contributed by atoms with Crippen LogP contribution in [0.15, 0.2) is 21.9 Å². The van der Waals surface area contributed by atoms with Crippen molar-refractivity contribution >= 4 is 10.0 Å². The fourth-order valence-corrected chi connectivity index (χ4v) is 3.18. The van der Waals surface area contributed by atoms with E-state index < -0.39 is 45.8 Å². The molecule has 23 heavy (non-hydrogen) atoms. The lowest BCUT2D eigenvalue weighted by atomic mass is 10.1. The molecular weight excluding hydrogens is 330 g/mol. The van der Waals surface area contributed by atoms with Crippen LogP contribution in [0, 0.1) is 0 Å². The number of hydrogen-bond donors (Lipinski definition) is 3. The van der Waals surface area contributed by atoms with E-state index in [9.17, 15) is 23.1 Å². The smallest absolute Gasteiger partial charge is 0.330 e. The number of aliphatic hydroxyl groups is 1. The summed E-state index contributed by atoms with van der Waals surface area (Å²) in [5.41, 5.74) is -1.27. The number of methoxy groups -OCH3 is 1. The van der Waals surface area contributed by atoms with Crippen LogP contribution in [-0.4, -0.2) is 61.3 Å². The SMILES string of the molecule is CNS(=O)(=O)CC[C@H]1O[C@@H](n2ccc(=O)[nH]c2=O)[C@H](OC)[C@@H]1O. The third-order valence-electron chi connectivity index (χ3n) is 3.69. The monoisotopic (exact) mass is 349 g/mol. The van der Waals surface area contributed by atoms with Crippen LogP contribution in [-0.2, 0) is 19.5 Å². The molecule has 1 aromatic rings. The first-order valence-corrected chi connectivity index (χ1v) is 8.53. The van der Waals surface area contributed by atoms with Gasteiger partial charge < -0.3 is 14.6 Å². The van der Waals surface area contributed by atoms with E-state index in [2.05, 4.69) is 9.71 Å². The molecule has 1 aliphatic heterocycles. The lowest BCUT2D eigenvalue weighted by molar-refractivity contribution is -0.0541. The largest absolute Gasteiger partial charge is 0.388 e. The van der Waals surface area contributed by atoms with Gasteiger partial charge in [-0.3, -0.25) is 14.3 Å². The second kappa shape index (κ2) is 6.93. The van der Waals surface area contributed by atoms with Gasteiger partial charge in [0.15, 0.2) is 6.23 Å². The van der Waals surface area contributed by atoms with Gasteiger partial charge in [-0.15, -0.1) is 0 Å². The molecule has 0 saturated carbocycles. The molecule has 0 amide bonds. The highest BCUT2D eigenvalue weighted by molar-refractivity contribution is 7.89. The van der Waals surface area contributed by atoms with Crippen LogP contribution in [0.5, 0.6) is 0 Å². The van der Waals surface area contributed by atoms with E-state index in [1.165, 1.54) is 20.4 Å². The van der Waals surface area contributed by atoms with E-state index in [-0.39, 0.29) is 12.2 Å². The highest BCUT2D eigenvalue weighted by Crippen LogP contribution is 2.32. The molecule has 2 rings (SSSR count). The topological polar surface area (TPSA) is 140 Å². The van der Waals surface area contributed by atoms with E-state index in [4.69, 9.17) is 9.47 Å². The van der Waals surface area contributed by atoms with Crippen LogP contribution >= 0.6 is 0 Å². The minimum Gasteiger partial charge on any atom is -0.388 e. The third-order valence-corrected chi connectivity index (χ3v) is 5.09. The van der Waals surface area contributed by atoms with E-state index in [1.54, 1.807) is 0 Å². The first-order valence-electron chi connectivity index (χ1n) is 6.88. The van der Waals surface area contributed by atoms with E-state index in [1.807, 2.05) is 0 Å². The van der Waals surface area contributed by atoms with Crippen molar-refractivity contribution in [2.24, 2.45) is 0 Å². The molecule has 0 aromatic carbocycles. The number of aromatic nitrogens is 2. The minimum atomic E-state index is -3.45. The molecule has 130 valence electrons. The first kappa shape index (κ1) is 17.8. The van der Waals surface area contributed by atoms with Crippen molar-refractivity contribution in [3.8, 4) is 0 Å². The summed E-state index contributed by atoms with van der Waals surface area (Å²) in [6.45, 7) is 0. The summed E-state index contributed by atoms with van der Waals surface area (Å²) in [6.07, 6.45) is -2.53. The first-order chi connectivity index (χ1) is 10.8. The van der Waals surface area contributed by atoms with Gasteiger partial charge >= 0.3 is 5.69 Å². The fraction of sp³-hybridized carbons (Fsp3) is 0.667. The van der Waals surface area contributed by atoms with Gasteiger partial charge in [0.2, 0.25) is 10.0 Å². The number of nitrogens with one attached hydrogen (secondary N) is 2. The molecule has 0 bridgehead atoms. The third kappa shape index (κ3) is 3.87. The van der Waals surface area contributed by atoms with E-state index >= 15 is 0 Å². The summed E-state index contributed by atoms with van der Waals surface area (Å²) in [7, 11) is -0.814. The Balaban J connectivity index is 2.22. The normalized spacial score (nSPS) is 28.1. The van der Waals surface area contributed by atoms with Gasteiger partial charge in [0.1, 0.15) is 12.2 Å². The summed E-state index contributed by atoms with van der Waals surface area (Å²) in [6, 6.07) is 1.14. The second-order valence-electron chi connectivity index (χ2n) is 5.09. The van der Waals surface area contributed by atoms with Crippen LogP contribution in [0.25, 0.3) is 0 Å². The highest BCUT2D eigenvalue weighted by atomic mass is 32.2. The van der Waals surface area contributed by atoms with Gasteiger partial charge in [0.05, 0.1) is 11.9 Å². The molecule has 0 spiro atoms. The molecule has 1 aliphatic rings. The number of hydrogen-bond acceptors (Lipinski definition) is 7. The molecular formula is C12H19N3O7S. The van der Waals surface area contributed by atoms with Gasteiger partial charge in [-0.25, -0.2) is 17.9 Å². The molecule has 0 unspecified atom stereocenters. The Bertz CT molecular complexity index is 756. The number of nitrogens with zero attached hydrogens (tertiary/aromatic N) is 1. The van der Waals surface area contributed by atoms with Crippen molar-refractivity contribution in [2.75, 3.05) is 19.9 Å². The Labute approximate surface area is 132 Å². The molecule has 4 atom stereocenters. The Morgan fingerprint density at radius 2 is 2.17 bits per heavy atom. The van der Waals surface area contributed by atoms with Crippen molar-refractivity contribution < 1.29 is 23.0 Å². The fourth-order valence-electron chi connectivity index (χ4n) is 2.44. The maximum absolute atomic E-state index is 11.8. The zero-order valence-corrected chi connectivity index (χ0v) is 13.4. The van der Waals surface area contributed by atoms with Gasteiger partial charge in [0, 0.05) is 19.4 Å². The Morgan fingerprint density at radius 3 is 2.74 bits per heavy atom. The van der Waals surface area contributed by atoms with Crippen LogP contribution < -0.4 is 16.0 Å². The van der Waals surface area contributed by atoms with Crippen molar-refractivity contribution in [1.82, 2.24) is 14.3 Å². The zero-order valence-electron chi connectivity index (χ0n) is 12.6. The summed E-state index contributed by atoms with van der Waals surface area (Å²) in [5.74, 6) is -0.241. The molecule has 11 heteroatoms. The maximum atomic E-state index is 11.8. The Kier molecular flexibility index (Phi) is 5.37. The lowest BCUT2D eigenvalue weighted by Crippen LogP contribution is -2.38. The Hall–Kier alpha value is -1.53. The number of H-pyrrole nitrogens is 1. The molecule has 1 saturated heterocycles.